The van der Waals surface area contributed by atoms with Crippen LogP contribution < -0.4 is 18.9 Å². The fourth-order valence-electron chi connectivity index (χ4n) is 4.26. The van der Waals surface area contributed by atoms with E-state index in [4.69, 9.17) is 9.47 Å². The van der Waals surface area contributed by atoms with Gasteiger partial charge in [-0.15, -0.1) is 5.10 Å². The van der Waals surface area contributed by atoms with Gasteiger partial charge in [0.2, 0.25) is 5.88 Å². The van der Waals surface area contributed by atoms with E-state index in [1.54, 1.807) is 24.3 Å². The van der Waals surface area contributed by atoms with Gasteiger partial charge in [-0.05, 0) is 43.5 Å². The van der Waals surface area contributed by atoms with Gasteiger partial charge in [0.05, 0.1) is 12.1 Å². The molecule has 2 aromatic heterocycles. The number of nitrogens with zero attached hydrogens (tertiary/aromatic N) is 4. The second-order valence-corrected chi connectivity index (χ2v) is 9.72. The molecule has 0 saturated heterocycles. The highest BCUT2D eigenvalue weighted by atomic mass is 32.2. The third kappa shape index (κ3) is 4.23. The number of nitrogens with one attached hydrogen (secondary N) is 2. The fraction of sp³-hybridized carbons (Fsp3) is 0.273. The molecule has 1 amide bonds. The average Bonchev–Trinajstić information content (AvgIpc) is 2.81. The number of ether oxygens (including phenoxy) is 2. The zero-order chi connectivity index (χ0) is 24.6. The van der Waals surface area contributed by atoms with Gasteiger partial charge in [-0.2, -0.15) is 13.5 Å². The highest BCUT2D eigenvalue weighted by molar-refractivity contribution is 7.90. The van der Waals surface area contributed by atoms with Gasteiger partial charge >= 0.3 is 6.09 Å². The van der Waals surface area contributed by atoms with Crippen molar-refractivity contribution in [2.24, 2.45) is 0 Å². The summed E-state index contributed by atoms with van der Waals surface area (Å²) in [6, 6.07) is 9.95. The number of carbonyl (C=O) groups excluding carboxylic acids is 1. The average molecular weight is 501 g/mol. The number of hydrogen-bond donors (Lipinski definition) is 2. The number of carbonyl (C=O) groups is 1. The zero-order valence-corrected chi connectivity index (χ0v) is 19.4. The number of benzene rings is 1. The van der Waals surface area contributed by atoms with Crippen molar-refractivity contribution in [1.82, 2.24) is 24.8 Å². The van der Waals surface area contributed by atoms with Gasteiger partial charge in [-0.3, -0.25) is 9.62 Å². The van der Waals surface area contributed by atoms with E-state index in [1.165, 1.54) is 30.4 Å². The molecule has 35 heavy (non-hydrogen) atoms. The van der Waals surface area contributed by atoms with E-state index in [-0.39, 0.29) is 12.1 Å². The van der Waals surface area contributed by atoms with E-state index in [2.05, 4.69) is 15.2 Å². The van der Waals surface area contributed by atoms with Crippen molar-refractivity contribution in [2.45, 2.75) is 31.3 Å². The second kappa shape index (κ2) is 8.74. The van der Waals surface area contributed by atoms with Crippen LogP contribution in [-0.2, 0) is 22.3 Å². The van der Waals surface area contributed by atoms with Crippen molar-refractivity contribution in [3.8, 4) is 17.4 Å². The number of rotatable bonds is 7. The van der Waals surface area contributed by atoms with E-state index in [0.717, 1.165) is 12.0 Å². The lowest BCUT2D eigenvalue weighted by Gasteiger charge is -2.52. The molecule has 2 N–H and O–H groups in total. The van der Waals surface area contributed by atoms with Crippen LogP contribution >= 0.6 is 0 Å². The Balaban J connectivity index is 1.44. The smallest absolute Gasteiger partial charge is 0.416 e. The largest absolute Gasteiger partial charge is 0.437 e. The molecule has 0 unspecified atom stereocenters. The van der Waals surface area contributed by atoms with Crippen LogP contribution in [-0.4, -0.2) is 41.6 Å². The summed E-state index contributed by atoms with van der Waals surface area (Å²) in [5.74, 6) is -0.234. The normalized spacial score (nSPS) is 16.3. The summed E-state index contributed by atoms with van der Waals surface area (Å²) >= 11 is 0. The maximum absolute atomic E-state index is 15.1. The molecule has 1 spiro atoms. The van der Waals surface area contributed by atoms with Crippen LogP contribution in [0.1, 0.15) is 30.4 Å². The first-order valence-electron chi connectivity index (χ1n) is 10.8. The van der Waals surface area contributed by atoms with Crippen molar-refractivity contribution < 1.29 is 27.1 Å². The maximum Gasteiger partial charge on any atom is 0.416 e. The van der Waals surface area contributed by atoms with Crippen molar-refractivity contribution in [3.05, 3.63) is 65.7 Å². The van der Waals surface area contributed by atoms with Crippen LogP contribution in [0.25, 0.3) is 0 Å². The second-order valence-electron chi connectivity index (χ2n) is 8.10. The predicted octanol–water partition coefficient (Wildman–Crippen LogP) is 3.07. The van der Waals surface area contributed by atoms with Gasteiger partial charge in [-0.1, -0.05) is 0 Å². The molecule has 1 fully saturated rings. The lowest BCUT2D eigenvalue weighted by molar-refractivity contribution is 0.00112. The Morgan fingerprint density at radius 2 is 2.06 bits per heavy atom. The third-order valence-corrected chi connectivity index (χ3v) is 7.14. The number of pyridine rings is 1. The maximum atomic E-state index is 15.1. The van der Waals surface area contributed by atoms with Gasteiger partial charge in [0.1, 0.15) is 11.5 Å². The minimum absolute atomic E-state index is 0.100. The summed E-state index contributed by atoms with van der Waals surface area (Å²) in [5, 5.41) is 7.65. The van der Waals surface area contributed by atoms with E-state index >= 15 is 4.39 Å². The summed E-state index contributed by atoms with van der Waals surface area (Å²) in [5.41, 5.74) is 0.222. The SMILES string of the molecule is CNS(=O)(=O)Nc1nccc(CN2C(=O)Oc3cc(Oc4cccnn4)ccc3C23CCC3)c1F. The summed E-state index contributed by atoms with van der Waals surface area (Å²) in [7, 11) is -2.78. The van der Waals surface area contributed by atoms with Crippen LogP contribution in [0.2, 0.25) is 0 Å². The third-order valence-electron chi connectivity index (χ3n) is 6.14. The van der Waals surface area contributed by atoms with Crippen LogP contribution in [0.15, 0.2) is 48.8 Å². The number of fused-ring (bicyclic) bond motifs is 2. The quantitative estimate of drug-likeness (QED) is 0.505. The van der Waals surface area contributed by atoms with Gasteiger partial charge in [0.15, 0.2) is 11.6 Å². The number of anilines is 1. The highest BCUT2D eigenvalue weighted by Crippen LogP contribution is 2.53. The molecule has 11 nitrogen and oxygen atoms in total. The van der Waals surface area contributed by atoms with Crippen molar-refractivity contribution in [2.75, 3.05) is 11.8 Å². The summed E-state index contributed by atoms with van der Waals surface area (Å²) in [6.07, 6.45) is 4.39. The lowest BCUT2D eigenvalue weighted by atomic mass is 9.69. The standard InChI is InChI=1S/C22H21FN6O5S/c1-24-35(31,32)28-20-19(23)14(7-11-25-20)13-29-21(30)34-17-12-15(33-18-4-2-10-26-27-18)5-6-16(17)22(29)8-3-9-22/h2,4-7,10-12,24H,3,8-9,13H2,1H3,(H,25,28). The first kappa shape index (κ1) is 22.9. The molecule has 0 radical (unpaired) electrons. The summed E-state index contributed by atoms with van der Waals surface area (Å²) in [6.45, 7) is -0.126. The Labute approximate surface area is 200 Å². The highest BCUT2D eigenvalue weighted by Gasteiger charge is 2.51. The topological polar surface area (TPSA) is 136 Å². The molecule has 1 aromatic carbocycles. The molecule has 5 rings (SSSR count). The Kier molecular flexibility index (Phi) is 5.73. The van der Waals surface area contributed by atoms with Crippen LogP contribution in [0.5, 0.6) is 17.4 Å². The van der Waals surface area contributed by atoms with E-state index in [1.807, 2.05) is 15.5 Å². The predicted molar refractivity (Wildman–Crippen MR) is 121 cm³/mol. The van der Waals surface area contributed by atoms with Crippen molar-refractivity contribution >= 4 is 22.1 Å². The number of amides is 1. The molecular weight excluding hydrogens is 479 g/mol. The van der Waals surface area contributed by atoms with Gasteiger partial charge in [-0.25, -0.2) is 18.9 Å². The van der Waals surface area contributed by atoms with Crippen LogP contribution in [0.3, 0.4) is 0 Å². The van der Waals surface area contributed by atoms with Crippen LogP contribution in [0, 0.1) is 5.82 Å². The zero-order valence-electron chi connectivity index (χ0n) is 18.6. The Morgan fingerprint density at radius 3 is 2.74 bits per heavy atom. The minimum Gasteiger partial charge on any atom is -0.437 e. The number of halogens is 1. The first-order valence-corrected chi connectivity index (χ1v) is 12.2. The molecule has 3 aromatic rings. The Bertz CT molecular complexity index is 1380. The molecule has 3 heterocycles. The monoisotopic (exact) mass is 500 g/mol. The lowest BCUT2D eigenvalue weighted by Crippen LogP contribution is -2.57. The van der Waals surface area contributed by atoms with Gasteiger partial charge in [0.25, 0.3) is 10.2 Å². The van der Waals surface area contributed by atoms with E-state index < -0.39 is 33.5 Å². The summed E-state index contributed by atoms with van der Waals surface area (Å²) < 4.78 is 54.1. The van der Waals surface area contributed by atoms with Gasteiger partial charge in [0, 0.05) is 42.7 Å². The first-order chi connectivity index (χ1) is 16.8. The van der Waals surface area contributed by atoms with Crippen LogP contribution in [0.4, 0.5) is 15.0 Å². The molecular formula is C22H21FN6O5S. The summed E-state index contributed by atoms with van der Waals surface area (Å²) in [4.78, 5) is 18.3. The molecule has 1 saturated carbocycles. The van der Waals surface area contributed by atoms with Crippen molar-refractivity contribution in [1.29, 1.82) is 0 Å². The Hall–Kier alpha value is -3.84. The molecule has 182 valence electrons. The molecule has 0 bridgehead atoms. The minimum atomic E-state index is -3.97. The number of aromatic nitrogens is 3. The van der Waals surface area contributed by atoms with Crippen molar-refractivity contribution in [3.63, 3.8) is 0 Å². The van der Waals surface area contributed by atoms with E-state index in [9.17, 15) is 13.2 Å². The van der Waals surface area contributed by atoms with E-state index in [0.29, 0.717) is 30.2 Å². The molecule has 1 aliphatic carbocycles. The fourth-order valence-corrected chi connectivity index (χ4v) is 4.76. The number of hydrogen-bond acceptors (Lipinski definition) is 8. The molecule has 0 atom stereocenters. The molecule has 2 aliphatic rings. The molecule has 1 aliphatic heterocycles. The Morgan fingerprint density at radius 1 is 1.23 bits per heavy atom. The van der Waals surface area contributed by atoms with Gasteiger partial charge < -0.3 is 9.47 Å². The molecule has 13 heteroatoms.